The molecule has 3 aromatic heterocycles. The zero-order valence-corrected chi connectivity index (χ0v) is 15.5. The van der Waals surface area contributed by atoms with Crippen molar-refractivity contribution in [3.05, 3.63) is 52.9 Å². The van der Waals surface area contributed by atoms with Crippen LogP contribution in [0.25, 0.3) is 11.4 Å². The van der Waals surface area contributed by atoms with Crippen LogP contribution in [0.4, 0.5) is 11.8 Å². The van der Waals surface area contributed by atoms with E-state index in [-0.39, 0.29) is 0 Å². The lowest BCUT2D eigenvalue weighted by Gasteiger charge is -2.23. The van der Waals surface area contributed by atoms with Crippen molar-refractivity contribution in [2.24, 2.45) is 0 Å². The lowest BCUT2D eigenvalue weighted by molar-refractivity contribution is 0.461. The summed E-state index contributed by atoms with van der Waals surface area (Å²) in [7, 11) is 0. The van der Waals surface area contributed by atoms with Gasteiger partial charge in [-0.3, -0.25) is 4.98 Å². The van der Waals surface area contributed by atoms with E-state index in [2.05, 4.69) is 33.1 Å². The molecular formula is C20H23N5S. The highest BCUT2D eigenvalue weighted by molar-refractivity contribution is 7.09. The van der Waals surface area contributed by atoms with Gasteiger partial charge in [-0.05, 0) is 36.4 Å². The van der Waals surface area contributed by atoms with E-state index in [9.17, 15) is 0 Å². The summed E-state index contributed by atoms with van der Waals surface area (Å²) < 4.78 is 0. The zero-order chi connectivity index (χ0) is 17.6. The summed E-state index contributed by atoms with van der Waals surface area (Å²) in [5.41, 5.74) is 1.70. The fraction of sp³-hybridized carbons (Fsp3) is 0.350. The third-order valence-corrected chi connectivity index (χ3v) is 5.49. The second kappa shape index (κ2) is 8.27. The minimum absolute atomic E-state index is 0.466. The van der Waals surface area contributed by atoms with Crippen molar-refractivity contribution < 1.29 is 0 Å². The lowest BCUT2D eigenvalue weighted by Crippen LogP contribution is -2.23. The van der Waals surface area contributed by atoms with Crippen molar-refractivity contribution in [1.29, 1.82) is 0 Å². The summed E-state index contributed by atoms with van der Waals surface area (Å²) >= 11 is 1.74. The molecule has 1 fully saturated rings. The van der Waals surface area contributed by atoms with Crippen LogP contribution in [0.1, 0.15) is 37.0 Å². The van der Waals surface area contributed by atoms with Crippen molar-refractivity contribution in [1.82, 2.24) is 15.0 Å². The van der Waals surface area contributed by atoms with Gasteiger partial charge in [0.15, 0.2) is 0 Å². The summed E-state index contributed by atoms with van der Waals surface area (Å²) in [6, 6.07) is 12.5. The van der Waals surface area contributed by atoms with E-state index in [1.165, 1.54) is 37.0 Å². The Hall–Kier alpha value is -2.47. The van der Waals surface area contributed by atoms with Crippen molar-refractivity contribution in [3.8, 4) is 11.4 Å². The summed E-state index contributed by atoms with van der Waals surface area (Å²) in [4.78, 5) is 15.1. The molecule has 3 aromatic rings. The fourth-order valence-corrected chi connectivity index (χ4v) is 3.91. The van der Waals surface area contributed by atoms with Crippen molar-refractivity contribution in [3.63, 3.8) is 0 Å². The van der Waals surface area contributed by atoms with Gasteiger partial charge in [0.1, 0.15) is 5.82 Å². The topological polar surface area (TPSA) is 62.7 Å². The second-order valence-electron chi connectivity index (χ2n) is 6.59. The van der Waals surface area contributed by atoms with Gasteiger partial charge < -0.3 is 10.6 Å². The molecule has 0 bridgehead atoms. The second-order valence-corrected chi connectivity index (χ2v) is 7.62. The molecule has 2 N–H and O–H groups in total. The Kier molecular flexibility index (Phi) is 5.40. The summed E-state index contributed by atoms with van der Waals surface area (Å²) in [5, 5.41) is 9.05. The molecule has 0 aromatic carbocycles. The Morgan fingerprint density at radius 2 is 1.92 bits per heavy atom. The molecule has 0 amide bonds. The maximum Gasteiger partial charge on any atom is 0.225 e. The van der Waals surface area contributed by atoms with Gasteiger partial charge in [-0.2, -0.15) is 4.98 Å². The van der Waals surface area contributed by atoms with Crippen LogP contribution in [0, 0.1) is 0 Å². The minimum atomic E-state index is 0.466. The molecule has 26 heavy (non-hydrogen) atoms. The number of thiophene rings is 1. The first-order valence-corrected chi connectivity index (χ1v) is 10.1. The molecule has 6 heteroatoms. The summed E-state index contributed by atoms with van der Waals surface area (Å²) in [6.45, 7) is 0.763. The maximum absolute atomic E-state index is 4.72. The molecule has 1 aliphatic rings. The van der Waals surface area contributed by atoms with Gasteiger partial charge in [-0.1, -0.05) is 31.4 Å². The minimum Gasteiger partial charge on any atom is -0.365 e. The molecule has 0 unspecified atom stereocenters. The number of aromatic nitrogens is 3. The Labute approximate surface area is 157 Å². The highest BCUT2D eigenvalue weighted by Crippen LogP contribution is 2.24. The van der Waals surface area contributed by atoms with Crippen LogP contribution in [0.2, 0.25) is 0 Å². The van der Waals surface area contributed by atoms with Crippen LogP contribution in [0.3, 0.4) is 0 Å². The van der Waals surface area contributed by atoms with Gasteiger partial charge in [-0.15, -0.1) is 11.3 Å². The highest BCUT2D eigenvalue weighted by atomic mass is 32.1. The Morgan fingerprint density at radius 1 is 1.00 bits per heavy atom. The lowest BCUT2D eigenvalue weighted by atomic mass is 9.96. The third kappa shape index (κ3) is 4.38. The number of anilines is 2. The molecule has 0 spiro atoms. The van der Waals surface area contributed by atoms with E-state index in [0.717, 1.165) is 23.8 Å². The van der Waals surface area contributed by atoms with E-state index in [4.69, 9.17) is 9.97 Å². The van der Waals surface area contributed by atoms with E-state index in [0.29, 0.717) is 12.0 Å². The molecule has 0 radical (unpaired) electrons. The van der Waals surface area contributed by atoms with E-state index in [1.54, 1.807) is 17.5 Å². The Balaban J connectivity index is 1.58. The third-order valence-electron chi connectivity index (χ3n) is 4.62. The smallest absolute Gasteiger partial charge is 0.225 e. The average molecular weight is 366 g/mol. The van der Waals surface area contributed by atoms with Crippen molar-refractivity contribution >= 4 is 23.1 Å². The first kappa shape index (κ1) is 17.0. The van der Waals surface area contributed by atoms with Crippen molar-refractivity contribution in [2.45, 2.75) is 44.7 Å². The van der Waals surface area contributed by atoms with Crippen LogP contribution < -0.4 is 10.6 Å². The average Bonchev–Trinajstić information content (AvgIpc) is 3.21. The summed E-state index contributed by atoms with van der Waals surface area (Å²) in [5.74, 6) is 1.51. The molecule has 3 heterocycles. The molecule has 1 aliphatic carbocycles. The molecule has 134 valence electrons. The Morgan fingerprint density at radius 3 is 2.69 bits per heavy atom. The fourth-order valence-electron chi connectivity index (χ4n) is 3.27. The first-order valence-electron chi connectivity index (χ1n) is 9.20. The highest BCUT2D eigenvalue weighted by Gasteiger charge is 2.15. The molecule has 5 nitrogen and oxygen atoms in total. The summed E-state index contributed by atoms with van der Waals surface area (Å²) in [6.07, 6.45) is 8.07. The monoisotopic (exact) mass is 365 g/mol. The van der Waals surface area contributed by atoms with Crippen LogP contribution in [0.5, 0.6) is 0 Å². The van der Waals surface area contributed by atoms with E-state index in [1.807, 2.05) is 24.3 Å². The molecule has 0 aliphatic heterocycles. The number of hydrogen-bond acceptors (Lipinski definition) is 6. The first-order chi connectivity index (χ1) is 12.9. The van der Waals surface area contributed by atoms with Gasteiger partial charge in [0.05, 0.1) is 17.9 Å². The maximum atomic E-state index is 4.72. The SMILES string of the molecule is c1ccc(-c2cc(NCc3cccs3)nc(NC3CCCCC3)n2)nc1. The zero-order valence-electron chi connectivity index (χ0n) is 14.7. The number of nitrogens with zero attached hydrogens (tertiary/aromatic N) is 3. The van der Waals surface area contributed by atoms with Gasteiger partial charge >= 0.3 is 0 Å². The van der Waals surface area contributed by atoms with Gasteiger partial charge in [0, 0.05) is 23.2 Å². The van der Waals surface area contributed by atoms with Gasteiger partial charge in [0.2, 0.25) is 5.95 Å². The number of pyridine rings is 1. The van der Waals surface area contributed by atoms with Gasteiger partial charge in [-0.25, -0.2) is 4.98 Å². The van der Waals surface area contributed by atoms with Crippen LogP contribution in [-0.4, -0.2) is 21.0 Å². The standard InChI is InChI=1S/C20H23N5S/c1-2-7-15(8-3-1)23-20-24-18(17-10-4-5-11-21-17)13-19(25-20)22-14-16-9-6-12-26-16/h4-6,9-13,15H,1-3,7-8,14H2,(H2,22,23,24,25). The van der Waals surface area contributed by atoms with Crippen LogP contribution in [0.15, 0.2) is 48.0 Å². The normalized spacial score (nSPS) is 14.9. The number of rotatable bonds is 6. The van der Waals surface area contributed by atoms with E-state index >= 15 is 0 Å². The van der Waals surface area contributed by atoms with Crippen molar-refractivity contribution in [2.75, 3.05) is 10.6 Å². The van der Waals surface area contributed by atoms with Crippen LogP contribution >= 0.6 is 11.3 Å². The predicted octanol–water partition coefficient (Wildman–Crippen LogP) is 4.96. The number of nitrogens with one attached hydrogen (secondary N) is 2. The molecule has 0 saturated heterocycles. The molecule has 4 rings (SSSR count). The van der Waals surface area contributed by atoms with Gasteiger partial charge in [0.25, 0.3) is 0 Å². The van der Waals surface area contributed by atoms with E-state index < -0.39 is 0 Å². The molecule has 0 atom stereocenters. The molecule has 1 saturated carbocycles. The largest absolute Gasteiger partial charge is 0.365 e. The Bertz CT molecular complexity index is 813. The quantitative estimate of drug-likeness (QED) is 0.647. The predicted molar refractivity (Wildman–Crippen MR) is 107 cm³/mol. The molecular weight excluding hydrogens is 342 g/mol. The van der Waals surface area contributed by atoms with Crippen LogP contribution in [-0.2, 0) is 6.54 Å². The number of hydrogen-bond donors (Lipinski definition) is 2.